The molecular formula is C12H18N2O3S. The van der Waals surface area contributed by atoms with Gasteiger partial charge in [0, 0.05) is 25.1 Å². The third kappa shape index (κ3) is 3.00. The first-order valence-corrected chi connectivity index (χ1v) is 6.81. The predicted octanol–water partition coefficient (Wildman–Crippen LogP) is 2.38. The summed E-state index contributed by atoms with van der Waals surface area (Å²) in [5.74, 6) is -0.961. The molecule has 1 aliphatic carbocycles. The molecule has 6 heteroatoms. The number of nitrogens with one attached hydrogen (secondary N) is 1. The van der Waals surface area contributed by atoms with Crippen LogP contribution >= 0.6 is 11.3 Å². The standard InChI is InChI=1S/C12H18N2O3S/c1-8-9(10(15)16)14-11(18-8)13-7-12(3-4-12)5-6-17-2/h3-7H2,1-2H3,(H,13,14)(H,15,16). The van der Waals surface area contributed by atoms with Crippen molar-refractivity contribution in [2.45, 2.75) is 26.2 Å². The molecule has 1 fully saturated rings. The lowest BCUT2D eigenvalue weighted by Gasteiger charge is -2.14. The number of ether oxygens (including phenoxy) is 1. The molecule has 18 heavy (non-hydrogen) atoms. The Labute approximate surface area is 110 Å². The summed E-state index contributed by atoms with van der Waals surface area (Å²) in [6, 6.07) is 0. The first-order valence-electron chi connectivity index (χ1n) is 6.00. The minimum atomic E-state index is -0.961. The largest absolute Gasteiger partial charge is 0.476 e. The van der Waals surface area contributed by atoms with Crippen LogP contribution in [0.25, 0.3) is 0 Å². The Morgan fingerprint density at radius 1 is 1.61 bits per heavy atom. The van der Waals surface area contributed by atoms with E-state index in [0.717, 1.165) is 24.4 Å². The van der Waals surface area contributed by atoms with Crippen LogP contribution < -0.4 is 5.32 Å². The van der Waals surface area contributed by atoms with Crippen molar-refractivity contribution in [2.75, 3.05) is 25.6 Å². The van der Waals surface area contributed by atoms with Gasteiger partial charge < -0.3 is 15.2 Å². The fraction of sp³-hybridized carbons (Fsp3) is 0.667. The molecule has 100 valence electrons. The second-order valence-corrected chi connectivity index (χ2v) is 6.03. The van der Waals surface area contributed by atoms with E-state index < -0.39 is 5.97 Å². The lowest BCUT2D eigenvalue weighted by molar-refractivity contribution is 0.0690. The van der Waals surface area contributed by atoms with Gasteiger partial charge in [-0.05, 0) is 31.6 Å². The van der Waals surface area contributed by atoms with Gasteiger partial charge in [0.25, 0.3) is 0 Å². The van der Waals surface area contributed by atoms with Crippen LogP contribution in [0.1, 0.15) is 34.6 Å². The van der Waals surface area contributed by atoms with Crippen LogP contribution in [0.2, 0.25) is 0 Å². The molecule has 0 atom stereocenters. The highest BCUT2D eigenvalue weighted by Gasteiger charge is 2.41. The number of aromatic nitrogens is 1. The SMILES string of the molecule is COCCC1(CNc2nc(C(=O)O)c(C)s2)CC1. The third-order valence-electron chi connectivity index (χ3n) is 3.41. The molecule has 1 aromatic heterocycles. The molecule has 0 aliphatic heterocycles. The highest BCUT2D eigenvalue weighted by molar-refractivity contribution is 7.15. The number of carboxylic acid groups (broad SMARTS) is 1. The Morgan fingerprint density at radius 2 is 2.33 bits per heavy atom. The van der Waals surface area contributed by atoms with Gasteiger partial charge >= 0.3 is 5.97 Å². The Balaban J connectivity index is 1.90. The first kappa shape index (κ1) is 13.3. The second-order valence-electron chi connectivity index (χ2n) is 4.83. The summed E-state index contributed by atoms with van der Waals surface area (Å²) in [6.07, 6.45) is 3.46. The molecule has 1 saturated carbocycles. The molecule has 5 nitrogen and oxygen atoms in total. The molecule has 0 radical (unpaired) electrons. The number of hydrogen-bond donors (Lipinski definition) is 2. The van der Waals surface area contributed by atoms with Crippen molar-refractivity contribution in [1.29, 1.82) is 0 Å². The van der Waals surface area contributed by atoms with Gasteiger partial charge in [-0.1, -0.05) is 0 Å². The molecule has 0 amide bonds. The normalized spacial score (nSPS) is 16.6. The molecule has 1 aromatic rings. The maximum atomic E-state index is 10.9. The molecule has 2 N–H and O–H groups in total. The van der Waals surface area contributed by atoms with Crippen molar-refractivity contribution in [3.63, 3.8) is 0 Å². The lowest BCUT2D eigenvalue weighted by atomic mass is 10.0. The quantitative estimate of drug-likeness (QED) is 0.796. The molecule has 0 spiro atoms. The highest BCUT2D eigenvalue weighted by Crippen LogP contribution is 2.48. The number of carboxylic acids is 1. The van der Waals surface area contributed by atoms with E-state index in [4.69, 9.17) is 9.84 Å². The van der Waals surface area contributed by atoms with E-state index in [1.54, 1.807) is 14.0 Å². The lowest BCUT2D eigenvalue weighted by Crippen LogP contribution is -2.17. The van der Waals surface area contributed by atoms with Crippen molar-refractivity contribution in [1.82, 2.24) is 4.98 Å². The van der Waals surface area contributed by atoms with Crippen molar-refractivity contribution < 1.29 is 14.6 Å². The number of rotatable bonds is 7. The predicted molar refractivity (Wildman–Crippen MR) is 70.5 cm³/mol. The molecule has 1 heterocycles. The molecule has 0 bridgehead atoms. The van der Waals surface area contributed by atoms with Crippen LogP contribution in [0.3, 0.4) is 0 Å². The Kier molecular flexibility index (Phi) is 3.87. The monoisotopic (exact) mass is 270 g/mol. The van der Waals surface area contributed by atoms with E-state index in [1.165, 1.54) is 24.2 Å². The Hall–Kier alpha value is -1.14. The number of aryl methyl sites for hydroxylation is 1. The van der Waals surface area contributed by atoms with Gasteiger partial charge in [-0.15, -0.1) is 11.3 Å². The van der Waals surface area contributed by atoms with Gasteiger partial charge in [0.05, 0.1) is 0 Å². The van der Waals surface area contributed by atoms with Crippen LogP contribution in [-0.2, 0) is 4.74 Å². The summed E-state index contributed by atoms with van der Waals surface area (Å²) in [5.41, 5.74) is 0.489. The van der Waals surface area contributed by atoms with E-state index in [9.17, 15) is 4.79 Å². The van der Waals surface area contributed by atoms with Crippen LogP contribution in [0.4, 0.5) is 5.13 Å². The zero-order chi connectivity index (χ0) is 13.2. The number of hydrogen-bond acceptors (Lipinski definition) is 5. The van der Waals surface area contributed by atoms with Crippen LogP contribution in [-0.4, -0.2) is 36.3 Å². The van der Waals surface area contributed by atoms with Crippen molar-refractivity contribution in [2.24, 2.45) is 5.41 Å². The number of thiazole rings is 1. The summed E-state index contributed by atoms with van der Waals surface area (Å²) >= 11 is 1.40. The fourth-order valence-electron chi connectivity index (χ4n) is 1.94. The van der Waals surface area contributed by atoms with Gasteiger partial charge in [0.2, 0.25) is 0 Å². The Morgan fingerprint density at radius 3 is 2.83 bits per heavy atom. The van der Waals surface area contributed by atoms with Gasteiger partial charge in [-0.2, -0.15) is 0 Å². The van der Waals surface area contributed by atoms with Crippen LogP contribution in [0, 0.1) is 12.3 Å². The average molecular weight is 270 g/mol. The van der Waals surface area contributed by atoms with Crippen LogP contribution in [0.5, 0.6) is 0 Å². The number of methoxy groups -OCH3 is 1. The molecule has 0 saturated heterocycles. The molecule has 0 unspecified atom stereocenters. The maximum absolute atomic E-state index is 10.9. The second kappa shape index (κ2) is 5.24. The van der Waals surface area contributed by atoms with Gasteiger partial charge in [0.15, 0.2) is 10.8 Å². The Bertz CT molecular complexity index is 441. The summed E-state index contributed by atoms with van der Waals surface area (Å²) < 4.78 is 5.11. The molecule has 1 aliphatic rings. The smallest absolute Gasteiger partial charge is 0.355 e. The van der Waals surface area contributed by atoms with Gasteiger partial charge in [0.1, 0.15) is 0 Å². The zero-order valence-corrected chi connectivity index (χ0v) is 11.5. The average Bonchev–Trinajstić information content (AvgIpc) is 3.00. The number of nitrogens with zero attached hydrogens (tertiary/aromatic N) is 1. The van der Waals surface area contributed by atoms with E-state index in [-0.39, 0.29) is 5.69 Å². The third-order valence-corrected chi connectivity index (χ3v) is 4.34. The maximum Gasteiger partial charge on any atom is 0.355 e. The van der Waals surface area contributed by atoms with E-state index in [0.29, 0.717) is 10.5 Å². The molecular weight excluding hydrogens is 252 g/mol. The number of carbonyl (C=O) groups is 1. The van der Waals surface area contributed by atoms with Crippen molar-refractivity contribution in [3.8, 4) is 0 Å². The molecule has 2 rings (SSSR count). The molecule has 0 aromatic carbocycles. The van der Waals surface area contributed by atoms with E-state index in [2.05, 4.69) is 10.3 Å². The van der Waals surface area contributed by atoms with Crippen LogP contribution in [0.15, 0.2) is 0 Å². The summed E-state index contributed by atoms with van der Waals surface area (Å²) in [4.78, 5) is 15.7. The summed E-state index contributed by atoms with van der Waals surface area (Å²) in [7, 11) is 1.72. The summed E-state index contributed by atoms with van der Waals surface area (Å²) in [6.45, 7) is 3.41. The van der Waals surface area contributed by atoms with Crippen molar-refractivity contribution >= 4 is 22.4 Å². The number of aromatic carboxylic acids is 1. The van der Waals surface area contributed by atoms with Gasteiger partial charge in [-0.25, -0.2) is 9.78 Å². The van der Waals surface area contributed by atoms with Gasteiger partial charge in [-0.3, -0.25) is 0 Å². The van der Waals surface area contributed by atoms with E-state index in [1.807, 2.05) is 0 Å². The first-order chi connectivity index (χ1) is 8.56. The summed E-state index contributed by atoms with van der Waals surface area (Å²) in [5, 5.41) is 12.9. The van der Waals surface area contributed by atoms with Crippen molar-refractivity contribution in [3.05, 3.63) is 10.6 Å². The minimum Gasteiger partial charge on any atom is -0.476 e. The number of anilines is 1. The topological polar surface area (TPSA) is 71.5 Å². The van der Waals surface area contributed by atoms with E-state index >= 15 is 0 Å². The highest BCUT2D eigenvalue weighted by atomic mass is 32.1. The minimum absolute atomic E-state index is 0.157. The zero-order valence-electron chi connectivity index (χ0n) is 10.7. The fourth-order valence-corrected chi connectivity index (χ4v) is 2.75.